The van der Waals surface area contributed by atoms with Crippen LogP contribution in [0.2, 0.25) is 18.1 Å². The standard InChI is InChI=1S/C13H22OSi/c1-4-8-13-9-7-12-15(14-13,10-5-2)11-6-3/h4-6,13H,1-3,7-12H2. The molecule has 0 aliphatic carbocycles. The highest BCUT2D eigenvalue weighted by molar-refractivity contribution is 6.74. The molecule has 84 valence electrons. The molecule has 0 radical (unpaired) electrons. The maximum Gasteiger partial charge on any atom is 0.200 e. The minimum absolute atomic E-state index is 0.405. The normalized spacial score (nSPS) is 24.4. The largest absolute Gasteiger partial charge is 0.413 e. The van der Waals surface area contributed by atoms with E-state index in [0.717, 1.165) is 18.5 Å². The van der Waals surface area contributed by atoms with Crippen molar-refractivity contribution >= 4 is 8.32 Å². The molecular formula is C13H22OSi. The monoisotopic (exact) mass is 222 g/mol. The number of allylic oxidation sites excluding steroid dienone is 2. The molecule has 0 saturated carbocycles. The molecule has 1 atom stereocenters. The smallest absolute Gasteiger partial charge is 0.200 e. The molecular weight excluding hydrogens is 200 g/mol. The third-order valence-corrected chi connectivity index (χ3v) is 7.20. The molecule has 1 aliphatic rings. The number of hydrogen-bond donors (Lipinski definition) is 0. The maximum atomic E-state index is 6.32. The zero-order valence-corrected chi connectivity index (χ0v) is 10.6. The molecule has 1 saturated heterocycles. The molecule has 1 unspecified atom stereocenters. The van der Waals surface area contributed by atoms with Crippen LogP contribution in [0, 0.1) is 0 Å². The number of rotatable bonds is 6. The summed E-state index contributed by atoms with van der Waals surface area (Å²) in [5.41, 5.74) is 0. The number of hydrogen-bond acceptors (Lipinski definition) is 1. The molecule has 1 fully saturated rings. The van der Waals surface area contributed by atoms with Gasteiger partial charge < -0.3 is 4.43 Å². The average molecular weight is 222 g/mol. The van der Waals surface area contributed by atoms with E-state index in [1.807, 2.05) is 18.2 Å². The van der Waals surface area contributed by atoms with Crippen molar-refractivity contribution in [3.8, 4) is 0 Å². The van der Waals surface area contributed by atoms with Crippen LogP contribution in [0.3, 0.4) is 0 Å². The summed E-state index contributed by atoms with van der Waals surface area (Å²) in [5, 5.41) is 0. The van der Waals surface area contributed by atoms with E-state index >= 15 is 0 Å². The van der Waals surface area contributed by atoms with Gasteiger partial charge in [-0.25, -0.2) is 0 Å². The van der Waals surface area contributed by atoms with Gasteiger partial charge in [0.15, 0.2) is 0 Å². The second kappa shape index (κ2) is 6.08. The van der Waals surface area contributed by atoms with Gasteiger partial charge in [-0.15, -0.1) is 19.7 Å². The van der Waals surface area contributed by atoms with Crippen molar-refractivity contribution in [1.82, 2.24) is 0 Å². The van der Waals surface area contributed by atoms with Gasteiger partial charge in [-0.3, -0.25) is 0 Å². The molecule has 0 aromatic heterocycles. The van der Waals surface area contributed by atoms with E-state index < -0.39 is 8.32 Å². The quantitative estimate of drug-likeness (QED) is 0.486. The minimum atomic E-state index is -1.57. The predicted octanol–water partition coefficient (Wildman–Crippen LogP) is 4.06. The van der Waals surface area contributed by atoms with Crippen molar-refractivity contribution in [1.29, 1.82) is 0 Å². The van der Waals surface area contributed by atoms with Gasteiger partial charge in [-0.2, -0.15) is 0 Å². The van der Waals surface area contributed by atoms with E-state index in [9.17, 15) is 0 Å². The highest BCUT2D eigenvalue weighted by Gasteiger charge is 2.37. The van der Waals surface area contributed by atoms with Crippen LogP contribution in [0.5, 0.6) is 0 Å². The fourth-order valence-corrected chi connectivity index (χ4v) is 6.09. The Hall–Kier alpha value is -0.603. The van der Waals surface area contributed by atoms with E-state index in [-0.39, 0.29) is 0 Å². The first kappa shape index (κ1) is 12.5. The summed E-state index contributed by atoms with van der Waals surface area (Å²) in [5.74, 6) is 0. The summed E-state index contributed by atoms with van der Waals surface area (Å²) in [4.78, 5) is 0. The van der Waals surface area contributed by atoms with Gasteiger partial charge in [0.05, 0.1) is 0 Å². The Balaban J connectivity index is 2.64. The molecule has 15 heavy (non-hydrogen) atoms. The van der Waals surface area contributed by atoms with Gasteiger partial charge >= 0.3 is 0 Å². The first-order valence-corrected chi connectivity index (χ1v) is 8.30. The molecule has 2 heteroatoms. The maximum absolute atomic E-state index is 6.32. The summed E-state index contributed by atoms with van der Waals surface area (Å²) in [6.07, 6.45) is 9.89. The van der Waals surface area contributed by atoms with Crippen LogP contribution >= 0.6 is 0 Å². The Morgan fingerprint density at radius 1 is 1.13 bits per heavy atom. The molecule has 0 amide bonds. The highest BCUT2D eigenvalue weighted by Crippen LogP contribution is 2.34. The predicted molar refractivity (Wildman–Crippen MR) is 69.5 cm³/mol. The Morgan fingerprint density at radius 3 is 2.33 bits per heavy atom. The summed E-state index contributed by atoms with van der Waals surface area (Å²) >= 11 is 0. The van der Waals surface area contributed by atoms with Gasteiger partial charge in [0.2, 0.25) is 8.32 Å². The van der Waals surface area contributed by atoms with Crippen molar-refractivity contribution in [3.05, 3.63) is 38.0 Å². The molecule has 0 N–H and O–H groups in total. The van der Waals surface area contributed by atoms with Crippen molar-refractivity contribution < 1.29 is 4.43 Å². The van der Waals surface area contributed by atoms with Crippen LogP contribution < -0.4 is 0 Å². The van der Waals surface area contributed by atoms with Crippen molar-refractivity contribution in [2.45, 2.75) is 43.5 Å². The van der Waals surface area contributed by atoms with E-state index in [1.165, 1.54) is 18.9 Å². The first-order chi connectivity index (χ1) is 7.26. The second-order valence-electron chi connectivity index (χ2n) is 4.33. The van der Waals surface area contributed by atoms with Crippen LogP contribution in [0.15, 0.2) is 38.0 Å². The van der Waals surface area contributed by atoms with Crippen LogP contribution in [0.1, 0.15) is 19.3 Å². The summed E-state index contributed by atoms with van der Waals surface area (Å²) < 4.78 is 6.32. The zero-order chi connectivity index (χ0) is 11.1. The highest BCUT2D eigenvalue weighted by atomic mass is 28.4. The Bertz CT molecular complexity index is 225. The Kier molecular flexibility index (Phi) is 5.06. The van der Waals surface area contributed by atoms with Crippen LogP contribution in [0.25, 0.3) is 0 Å². The van der Waals surface area contributed by atoms with E-state index in [1.54, 1.807) is 0 Å². The molecule has 0 spiro atoms. The van der Waals surface area contributed by atoms with Crippen molar-refractivity contribution in [3.63, 3.8) is 0 Å². The fraction of sp³-hybridized carbons (Fsp3) is 0.538. The molecule has 0 bridgehead atoms. The van der Waals surface area contributed by atoms with Crippen LogP contribution in [-0.2, 0) is 4.43 Å². The van der Waals surface area contributed by atoms with E-state index in [4.69, 9.17) is 4.43 Å². The fourth-order valence-electron chi connectivity index (χ4n) is 2.38. The van der Waals surface area contributed by atoms with E-state index in [2.05, 4.69) is 19.7 Å². The van der Waals surface area contributed by atoms with Crippen LogP contribution in [-0.4, -0.2) is 14.4 Å². The third kappa shape index (κ3) is 3.47. The van der Waals surface area contributed by atoms with Gasteiger partial charge in [0, 0.05) is 6.10 Å². The Morgan fingerprint density at radius 2 is 1.80 bits per heavy atom. The Labute approximate surface area is 94.7 Å². The third-order valence-electron chi connectivity index (χ3n) is 3.04. The molecule has 1 aliphatic heterocycles. The zero-order valence-electron chi connectivity index (χ0n) is 9.58. The van der Waals surface area contributed by atoms with E-state index in [0.29, 0.717) is 6.10 Å². The summed E-state index contributed by atoms with van der Waals surface area (Å²) in [6, 6.07) is 3.39. The molecule has 0 aromatic carbocycles. The lowest BCUT2D eigenvalue weighted by atomic mass is 10.1. The average Bonchev–Trinajstić information content (AvgIpc) is 2.19. The molecule has 1 heterocycles. The lowest BCUT2D eigenvalue weighted by Gasteiger charge is -2.38. The summed E-state index contributed by atoms with van der Waals surface area (Å²) in [7, 11) is -1.57. The topological polar surface area (TPSA) is 9.23 Å². The van der Waals surface area contributed by atoms with Crippen molar-refractivity contribution in [2.24, 2.45) is 0 Å². The second-order valence-corrected chi connectivity index (χ2v) is 8.24. The van der Waals surface area contributed by atoms with Gasteiger partial charge in [-0.05, 0) is 31.0 Å². The van der Waals surface area contributed by atoms with Crippen molar-refractivity contribution in [2.75, 3.05) is 0 Å². The van der Waals surface area contributed by atoms with Gasteiger partial charge in [0.1, 0.15) is 0 Å². The van der Waals surface area contributed by atoms with Gasteiger partial charge in [0.25, 0.3) is 0 Å². The SMILES string of the molecule is C=CCC1CCC[Si](CC=C)(CC=C)O1. The lowest BCUT2D eigenvalue weighted by Crippen LogP contribution is -2.44. The molecule has 1 nitrogen and oxygen atoms in total. The summed E-state index contributed by atoms with van der Waals surface area (Å²) in [6.45, 7) is 11.5. The van der Waals surface area contributed by atoms with Gasteiger partial charge in [-0.1, -0.05) is 24.6 Å². The lowest BCUT2D eigenvalue weighted by molar-refractivity contribution is 0.160. The minimum Gasteiger partial charge on any atom is -0.413 e. The first-order valence-electron chi connectivity index (χ1n) is 5.77. The molecule has 0 aromatic rings. The van der Waals surface area contributed by atoms with Crippen LogP contribution in [0.4, 0.5) is 0 Å². The molecule has 1 rings (SSSR count).